The maximum atomic E-state index is 12.7. The minimum Gasteiger partial charge on any atom is -0.484 e. The highest BCUT2D eigenvalue weighted by Crippen LogP contribution is 2.29. The lowest BCUT2D eigenvalue weighted by Crippen LogP contribution is -2.20. The van der Waals surface area contributed by atoms with Crippen molar-refractivity contribution >= 4 is 45.8 Å². The zero-order chi connectivity index (χ0) is 22.7. The number of halogens is 2. The van der Waals surface area contributed by atoms with Gasteiger partial charge in [-0.1, -0.05) is 41.4 Å². The summed E-state index contributed by atoms with van der Waals surface area (Å²) in [5.74, 6) is 0.379. The molecule has 0 spiro atoms. The largest absolute Gasteiger partial charge is 0.484 e. The molecule has 8 heteroatoms. The Balaban J connectivity index is 1.45. The van der Waals surface area contributed by atoms with E-state index in [9.17, 15) is 9.59 Å². The molecule has 0 saturated heterocycles. The first-order chi connectivity index (χ1) is 15.4. The van der Waals surface area contributed by atoms with E-state index in [2.05, 4.69) is 5.32 Å². The van der Waals surface area contributed by atoms with Crippen molar-refractivity contribution in [2.24, 2.45) is 0 Å². The Bertz CT molecular complexity index is 1370. The van der Waals surface area contributed by atoms with Crippen LogP contribution in [0.2, 0.25) is 10.0 Å². The number of anilines is 1. The highest BCUT2D eigenvalue weighted by Gasteiger charge is 2.12. The van der Waals surface area contributed by atoms with E-state index in [1.807, 2.05) is 13.0 Å². The molecule has 1 amide bonds. The van der Waals surface area contributed by atoms with Gasteiger partial charge < -0.3 is 19.2 Å². The SMILES string of the molecule is Cc1ccc(NC(=O)COc2ccc3c(=O)c(Oc4ccccc4Cl)coc3c2)cc1Cl. The molecule has 1 N–H and O–H groups in total. The van der Waals surface area contributed by atoms with Crippen LogP contribution in [0.5, 0.6) is 17.2 Å². The van der Waals surface area contributed by atoms with Crippen LogP contribution >= 0.6 is 23.2 Å². The molecule has 6 nitrogen and oxygen atoms in total. The van der Waals surface area contributed by atoms with Crippen molar-refractivity contribution in [3.8, 4) is 17.2 Å². The van der Waals surface area contributed by atoms with Crippen LogP contribution in [0.25, 0.3) is 11.0 Å². The Labute approximate surface area is 193 Å². The second-order valence-electron chi connectivity index (χ2n) is 6.92. The number of carbonyl (C=O) groups is 1. The summed E-state index contributed by atoms with van der Waals surface area (Å²) in [6.07, 6.45) is 1.21. The normalized spacial score (nSPS) is 10.7. The second-order valence-corrected chi connectivity index (χ2v) is 7.73. The number of hydrogen-bond acceptors (Lipinski definition) is 5. The fourth-order valence-corrected chi connectivity index (χ4v) is 3.27. The maximum absolute atomic E-state index is 12.7. The molecule has 0 unspecified atom stereocenters. The van der Waals surface area contributed by atoms with Gasteiger partial charge in [0.05, 0.1) is 10.4 Å². The summed E-state index contributed by atoms with van der Waals surface area (Å²) in [7, 11) is 0. The number of hydrogen-bond donors (Lipinski definition) is 1. The van der Waals surface area contributed by atoms with Crippen LogP contribution in [-0.2, 0) is 4.79 Å². The van der Waals surface area contributed by atoms with Gasteiger partial charge in [0.25, 0.3) is 5.91 Å². The van der Waals surface area contributed by atoms with Crippen LogP contribution in [-0.4, -0.2) is 12.5 Å². The standard InChI is InChI=1S/C24H17Cl2NO5/c1-14-6-7-15(10-19(14)26)27-23(28)13-30-16-8-9-17-21(11-16)31-12-22(24(17)29)32-20-5-3-2-4-18(20)25/h2-12H,13H2,1H3,(H,27,28). The van der Waals surface area contributed by atoms with E-state index >= 15 is 0 Å². The molecule has 0 saturated carbocycles. The molecule has 0 aliphatic rings. The second kappa shape index (κ2) is 9.34. The number of amides is 1. The van der Waals surface area contributed by atoms with Gasteiger partial charge in [0.1, 0.15) is 23.3 Å². The lowest BCUT2D eigenvalue weighted by molar-refractivity contribution is -0.118. The smallest absolute Gasteiger partial charge is 0.262 e. The number of benzene rings is 3. The third kappa shape index (κ3) is 4.88. The van der Waals surface area contributed by atoms with Gasteiger partial charge in [-0.15, -0.1) is 0 Å². The number of aryl methyl sites for hydroxylation is 1. The minimum atomic E-state index is -0.355. The zero-order valence-electron chi connectivity index (χ0n) is 16.9. The predicted molar refractivity (Wildman–Crippen MR) is 124 cm³/mol. The van der Waals surface area contributed by atoms with Crippen LogP contribution in [0.4, 0.5) is 5.69 Å². The van der Waals surface area contributed by atoms with Crippen molar-refractivity contribution in [3.63, 3.8) is 0 Å². The molecule has 162 valence electrons. The fourth-order valence-electron chi connectivity index (χ4n) is 2.91. The van der Waals surface area contributed by atoms with E-state index in [-0.39, 0.29) is 23.7 Å². The molecule has 4 rings (SSSR count). The maximum Gasteiger partial charge on any atom is 0.262 e. The third-order valence-corrected chi connectivity index (χ3v) is 5.32. The van der Waals surface area contributed by atoms with E-state index in [0.717, 1.165) is 5.56 Å². The molecular weight excluding hydrogens is 453 g/mol. The molecule has 32 heavy (non-hydrogen) atoms. The Morgan fingerprint density at radius 1 is 1.00 bits per heavy atom. The molecule has 0 bridgehead atoms. The molecule has 1 aromatic heterocycles. The van der Waals surface area contributed by atoms with Crippen molar-refractivity contribution in [2.75, 3.05) is 11.9 Å². The molecule has 0 atom stereocenters. The molecule has 0 fully saturated rings. The molecule has 4 aromatic rings. The van der Waals surface area contributed by atoms with Crippen molar-refractivity contribution in [1.82, 2.24) is 0 Å². The molecule has 3 aromatic carbocycles. The number of para-hydroxylation sites is 1. The summed E-state index contributed by atoms with van der Waals surface area (Å²) >= 11 is 12.1. The third-order valence-electron chi connectivity index (χ3n) is 4.60. The summed E-state index contributed by atoms with van der Waals surface area (Å²) in [6, 6.07) is 16.7. The van der Waals surface area contributed by atoms with Crippen LogP contribution in [0, 0.1) is 6.92 Å². The highest BCUT2D eigenvalue weighted by atomic mass is 35.5. The minimum absolute atomic E-state index is 0.00963. The van der Waals surface area contributed by atoms with E-state index < -0.39 is 0 Å². The molecule has 0 radical (unpaired) electrons. The van der Waals surface area contributed by atoms with Gasteiger partial charge >= 0.3 is 0 Å². The van der Waals surface area contributed by atoms with Gasteiger partial charge in [0.2, 0.25) is 11.2 Å². The van der Waals surface area contributed by atoms with Gasteiger partial charge in [0.15, 0.2) is 6.61 Å². The summed E-state index contributed by atoms with van der Waals surface area (Å²) in [5.41, 5.74) is 1.43. The van der Waals surface area contributed by atoms with E-state index in [1.54, 1.807) is 48.5 Å². The number of rotatable bonds is 6. The first-order valence-corrected chi connectivity index (χ1v) is 10.3. The van der Waals surface area contributed by atoms with Crippen molar-refractivity contribution in [3.05, 3.63) is 92.8 Å². The lowest BCUT2D eigenvalue weighted by Gasteiger charge is -2.10. The Kier molecular flexibility index (Phi) is 6.35. The van der Waals surface area contributed by atoms with E-state index in [4.69, 9.17) is 37.1 Å². The summed E-state index contributed by atoms with van der Waals surface area (Å²) in [6.45, 7) is 1.65. The number of carbonyl (C=O) groups excluding carboxylic acids is 1. The summed E-state index contributed by atoms with van der Waals surface area (Å²) in [4.78, 5) is 24.9. The van der Waals surface area contributed by atoms with Crippen molar-refractivity contribution in [2.45, 2.75) is 6.92 Å². The van der Waals surface area contributed by atoms with E-state index in [0.29, 0.717) is 38.2 Å². The summed E-state index contributed by atoms with van der Waals surface area (Å²) < 4.78 is 16.7. The van der Waals surface area contributed by atoms with Crippen LogP contribution < -0.4 is 20.2 Å². The quantitative estimate of drug-likeness (QED) is 0.362. The Morgan fingerprint density at radius 3 is 2.59 bits per heavy atom. The van der Waals surface area contributed by atoms with Gasteiger partial charge in [-0.3, -0.25) is 9.59 Å². The number of fused-ring (bicyclic) bond motifs is 1. The molecule has 1 heterocycles. The molecule has 0 aliphatic carbocycles. The first-order valence-electron chi connectivity index (χ1n) is 9.57. The van der Waals surface area contributed by atoms with Crippen LogP contribution in [0.15, 0.2) is 76.1 Å². The lowest BCUT2D eigenvalue weighted by atomic mass is 10.2. The number of ether oxygens (including phenoxy) is 2. The summed E-state index contributed by atoms with van der Waals surface area (Å²) in [5, 5.41) is 3.96. The topological polar surface area (TPSA) is 77.8 Å². The highest BCUT2D eigenvalue weighted by molar-refractivity contribution is 6.32. The Morgan fingerprint density at radius 2 is 1.81 bits per heavy atom. The van der Waals surface area contributed by atoms with Crippen LogP contribution in [0.1, 0.15) is 5.56 Å². The average Bonchev–Trinajstić information content (AvgIpc) is 2.78. The van der Waals surface area contributed by atoms with Gasteiger partial charge in [-0.2, -0.15) is 0 Å². The van der Waals surface area contributed by atoms with E-state index in [1.165, 1.54) is 12.3 Å². The van der Waals surface area contributed by atoms with Crippen molar-refractivity contribution < 1.29 is 18.7 Å². The molecular formula is C24H17Cl2NO5. The van der Waals surface area contributed by atoms with Gasteiger partial charge in [-0.05, 0) is 48.9 Å². The average molecular weight is 470 g/mol. The Hall–Kier alpha value is -3.48. The fraction of sp³-hybridized carbons (Fsp3) is 0.0833. The zero-order valence-corrected chi connectivity index (χ0v) is 18.4. The first kappa shape index (κ1) is 21.7. The monoisotopic (exact) mass is 469 g/mol. The van der Waals surface area contributed by atoms with Crippen LogP contribution in [0.3, 0.4) is 0 Å². The predicted octanol–water partition coefficient (Wildman–Crippen LogP) is 6.22. The number of nitrogens with one attached hydrogen (secondary N) is 1. The molecule has 0 aliphatic heterocycles. The van der Waals surface area contributed by atoms with Crippen molar-refractivity contribution in [1.29, 1.82) is 0 Å². The van der Waals surface area contributed by atoms with Gasteiger partial charge in [0, 0.05) is 16.8 Å². The van der Waals surface area contributed by atoms with Gasteiger partial charge in [-0.25, -0.2) is 0 Å².